The first-order valence-corrected chi connectivity index (χ1v) is 9.98. The minimum atomic E-state index is -0.223. The number of hydrogen-bond donors (Lipinski definition) is 3. The zero-order chi connectivity index (χ0) is 20.6. The quantitative estimate of drug-likeness (QED) is 0.698. The van der Waals surface area contributed by atoms with Crippen LogP contribution in [0, 0.1) is 5.92 Å². The van der Waals surface area contributed by atoms with E-state index >= 15 is 0 Å². The van der Waals surface area contributed by atoms with Crippen molar-refractivity contribution in [2.45, 2.75) is 45.6 Å². The number of methoxy groups -OCH3 is 1. The Hall–Kier alpha value is -2.44. The van der Waals surface area contributed by atoms with E-state index in [1.165, 1.54) is 0 Å². The summed E-state index contributed by atoms with van der Waals surface area (Å²) in [6.07, 6.45) is 2.59. The highest BCUT2D eigenvalue weighted by atomic mass is 16.5. The summed E-state index contributed by atoms with van der Waals surface area (Å²) in [4.78, 5) is 26.0. The summed E-state index contributed by atoms with van der Waals surface area (Å²) in [7, 11) is 1.64. The van der Waals surface area contributed by atoms with Crippen molar-refractivity contribution >= 4 is 12.1 Å². The first kappa shape index (κ1) is 21.9. The lowest BCUT2D eigenvalue weighted by atomic mass is 9.97. The average Bonchev–Trinajstić information content (AvgIpc) is 2.66. The summed E-state index contributed by atoms with van der Waals surface area (Å²) in [6, 6.07) is 7.70. The van der Waals surface area contributed by atoms with Gasteiger partial charge in [0.05, 0.1) is 7.11 Å². The molecule has 0 atom stereocenters. The van der Waals surface area contributed by atoms with Crippen LogP contribution in [-0.2, 0) is 6.42 Å². The average molecular weight is 391 g/mol. The zero-order valence-electron chi connectivity index (χ0n) is 17.5. The van der Waals surface area contributed by atoms with E-state index in [9.17, 15) is 9.59 Å². The second-order valence-corrected chi connectivity index (χ2v) is 8.35. The van der Waals surface area contributed by atoms with Crippen molar-refractivity contribution < 1.29 is 14.3 Å². The lowest BCUT2D eigenvalue weighted by Crippen LogP contribution is -2.51. The molecule has 1 aromatic carbocycles. The molecule has 1 aliphatic heterocycles. The van der Waals surface area contributed by atoms with E-state index in [0.717, 1.165) is 43.7 Å². The SMILES string of the molecule is COc1ccc(CCNC(=O)NCC2CCN(C(=O)NC(C)(C)C)CC2)cc1. The van der Waals surface area contributed by atoms with Crippen LogP contribution in [0.5, 0.6) is 5.75 Å². The molecule has 1 aromatic rings. The van der Waals surface area contributed by atoms with Crippen LogP contribution in [0.2, 0.25) is 0 Å². The monoisotopic (exact) mass is 390 g/mol. The highest BCUT2D eigenvalue weighted by Crippen LogP contribution is 2.17. The van der Waals surface area contributed by atoms with Crippen LogP contribution >= 0.6 is 0 Å². The molecule has 7 heteroatoms. The fraction of sp³-hybridized carbons (Fsp3) is 0.619. The third-order valence-electron chi connectivity index (χ3n) is 4.79. The second kappa shape index (κ2) is 10.2. The maximum Gasteiger partial charge on any atom is 0.317 e. The smallest absolute Gasteiger partial charge is 0.317 e. The molecule has 3 N–H and O–H groups in total. The number of urea groups is 2. The molecule has 0 aliphatic carbocycles. The molecule has 1 heterocycles. The fourth-order valence-corrected chi connectivity index (χ4v) is 3.15. The topological polar surface area (TPSA) is 82.7 Å². The number of nitrogens with zero attached hydrogens (tertiary/aromatic N) is 1. The second-order valence-electron chi connectivity index (χ2n) is 8.35. The van der Waals surface area contributed by atoms with E-state index in [2.05, 4.69) is 16.0 Å². The van der Waals surface area contributed by atoms with Crippen LogP contribution in [0.4, 0.5) is 9.59 Å². The molecular weight excluding hydrogens is 356 g/mol. The summed E-state index contributed by atoms with van der Waals surface area (Å²) < 4.78 is 5.14. The Morgan fingerprint density at radius 1 is 1.11 bits per heavy atom. The van der Waals surface area contributed by atoms with E-state index in [0.29, 0.717) is 19.0 Å². The fourth-order valence-electron chi connectivity index (χ4n) is 3.15. The molecule has 0 aromatic heterocycles. The Bertz CT molecular complexity index is 632. The lowest BCUT2D eigenvalue weighted by molar-refractivity contribution is 0.162. The van der Waals surface area contributed by atoms with E-state index in [1.54, 1.807) is 7.11 Å². The van der Waals surface area contributed by atoms with Gasteiger partial charge < -0.3 is 25.6 Å². The van der Waals surface area contributed by atoms with Gasteiger partial charge in [0, 0.05) is 31.7 Å². The van der Waals surface area contributed by atoms with Gasteiger partial charge in [0.2, 0.25) is 0 Å². The minimum Gasteiger partial charge on any atom is -0.497 e. The molecule has 0 unspecified atom stereocenters. The van der Waals surface area contributed by atoms with Crippen molar-refractivity contribution in [3.63, 3.8) is 0 Å². The van der Waals surface area contributed by atoms with Gasteiger partial charge in [-0.05, 0) is 63.6 Å². The van der Waals surface area contributed by atoms with Gasteiger partial charge in [-0.1, -0.05) is 12.1 Å². The third-order valence-corrected chi connectivity index (χ3v) is 4.79. The summed E-state index contributed by atoms with van der Waals surface area (Å²) in [6.45, 7) is 8.63. The molecule has 2 rings (SSSR count). The molecule has 1 aliphatic rings. The van der Waals surface area contributed by atoms with E-state index < -0.39 is 0 Å². The van der Waals surface area contributed by atoms with Crippen LogP contribution in [0.3, 0.4) is 0 Å². The van der Waals surface area contributed by atoms with Crippen molar-refractivity contribution in [2.75, 3.05) is 33.3 Å². The van der Waals surface area contributed by atoms with Gasteiger partial charge in [0.1, 0.15) is 5.75 Å². The zero-order valence-corrected chi connectivity index (χ0v) is 17.5. The third kappa shape index (κ3) is 7.66. The number of carbonyl (C=O) groups is 2. The summed E-state index contributed by atoms with van der Waals surface area (Å²) in [5.74, 6) is 1.24. The van der Waals surface area contributed by atoms with Crippen molar-refractivity contribution in [2.24, 2.45) is 5.92 Å². The number of carbonyl (C=O) groups excluding carboxylic acids is 2. The molecule has 0 saturated carbocycles. The summed E-state index contributed by atoms with van der Waals surface area (Å²) in [5.41, 5.74) is 0.932. The molecule has 0 spiro atoms. The molecule has 1 fully saturated rings. The molecule has 1 saturated heterocycles. The standard InChI is InChI=1S/C21H34N4O3/c1-21(2,3)24-20(27)25-13-10-17(11-14-25)15-23-19(26)22-12-9-16-5-7-18(28-4)8-6-16/h5-8,17H,9-15H2,1-4H3,(H,24,27)(H2,22,23,26). The molecule has 4 amide bonds. The normalized spacial score (nSPS) is 15.1. The van der Waals surface area contributed by atoms with Crippen LogP contribution in [0.1, 0.15) is 39.2 Å². The van der Waals surface area contributed by atoms with Crippen molar-refractivity contribution in [1.82, 2.24) is 20.9 Å². The van der Waals surface area contributed by atoms with Crippen molar-refractivity contribution in [3.05, 3.63) is 29.8 Å². The Labute approximate surface area is 168 Å². The number of rotatable bonds is 6. The van der Waals surface area contributed by atoms with Crippen molar-refractivity contribution in [1.29, 1.82) is 0 Å². The minimum absolute atomic E-state index is 0.00446. The van der Waals surface area contributed by atoms with Gasteiger partial charge in [0.25, 0.3) is 0 Å². The molecule has 28 heavy (non-hydrogen) atoms. The summed E-state index contributed by atoms with van der Waals surface area (Å²) >= 11 is 0. The Morgan fingerprint density at radius 2 is 1.75 bits per heavy atom. The Morgan fingerprint density at radius 3 is 2.32 bits per heavy atom. The largest absolute Gasteiger partial charge is 0.497 e. The number of ether oxygens (including phenoxy) is 1. The molecule has 0 radical (unpaired) electrons. The molecule has 156 valence electrons. The number of hydrogen-bond acceptors (Lipinski definition) is 3. The van der Waals surface area contributed by atoms with Gasteiger partial charge >= 0.3 is 12.1 Å². The van der Waals surface area contributed by atoms with Crippen LogP contribution < -0.4 is 20.7 Å². The van der Waals surface area contributed by atoms with E-state index in [1.807, 2.05) is 49.9 Å². The van der Waals surface area contributed by atoms with Crippen LogP contribution in [-0.4, -0.2) is 55.8 Å². The number of piperidine rings is 1. The highest BCUT2D eigenvalue weighted by Gasteiger charge is 2.25. The lowest BCUT2D eigenvalue weighted by Gasteiger charge is -2.34. The maximum absolute atomic E-state index is 12.2. The first-order valence-electron chi connectivity index (χ1n) is 9.98. The van der Waals surface area contributed by atoms with Crippen LogP contribution in [0.15, 0.2) is 24.3 Å². The molecular formula is C21H34N4O3. The first-order chi connectivity index (χ1) is 13.3. The van der Waals surface area contributed by atoms with Crippen LogP contribution in [0.25, 0.3) is 0 Å². The van der Waals surface area contributed by atoms with Gasteiger partial charge in [-0.2, -0.15) is 0 Å². The predicted molar refractivity (Wildman–Crippen MR) is 111 cm³/mol. The molecule has 7 nitrogen and oxygen atoms in total. The molecule has 0 bridgehead atoms. The highest BCUT2D eigenvalue weighted by molar-refractivity contribution is 5.75. The van der Waals surface area contributed by atoms with Gasteiger partial charge in [0.15, 0.2) is 0 Å². The number of amides is 4. The number of benzene rings is 1. The van der Waals surface area contributed by atoms with E-state index in [4.69, 9.17) is 4.74 Å². The van der Waals surface area contributed by atoms with E-state index in [-0.39, 0.29) is 17.6 Å². The summed E-state index contributed by atoms with van der Waals surface area (Å²) in [5, 5.41) is 8.84. The van der Waals surface area contributed by atoms with Gasteiger partial charge in [-0.3, -0.25) is 0 Å². The maximum atomic E-state index is 12.2. The van der Waals surface area contributed by atoms with Gasteiger partial charge in [-0.25, -0.2) is 9.59 Å². The van der Waals surface area contributed by atoms with Crippen molar-refractivity contribution in [3.8, 4) is 5.75 Å². The number of likely N-dealkylation sites (tertiary alicyclic amines) is 1. The Kier molecular flexibility index (Phi) is 7.96. The Balaban J connectivity index is 1.60. The van der Waals surface area contributed by atoms with Gasteiger partial charge in [-0.15, -0.1) is 0 Å². The predicted octanol–water partition coefficient (Wildman–Crippen LogP) is 2.76. The number of nitrogens with one attached hydrogen (secondary N) is 3.